The summed E-state index contributed by atoms with van der Waals surface area (Å²) in [6.07, 6.45) is 14.5. The van der Waals surface area contributed by atoms with Gasteiger partial charge in [-0.05, 0) is 45.1 Å². The van der Waals surface area contributed by atoms with Crippen molar-refractivity contribution in [2.24, 2.45) is 5.92 Å². The first kappa shape index (κ1) is 12.9. The molecule has 0 aromatic rings. The molecule has 4 atom stereocenters. The van der Waals surface area contributed by atoms with Crippen LogP contribution in [-0.4, -0.2) is 24.7 Å². The van der Waals surface area contributed by atoms with Gasteiger partial charge in [-0.3, -0.25) is 0 Å². The van der Waals surface area contributed by atoms with Gasteiger partial charge in [0.1, 0.15) is 0 Å². The summed E-state index contributed by atoms with van der Waals surface area (Å²) < 4.78 is 0. The summed E-state index contributed by atoms with van der Waals surface area (Å²) in [6, 6.07) is 1.90. The molecule has 2 nitrogen and oxygen atoms in total. The zero-order chi connectivity index (χ0) is 12.1. The largest absolute Gasteiger partial charge is 0.314 e. The van der Waals surface area contributed by atoms with Crippen LogP contribution in [-0.2, 0) is 0 Å². The van der Waals surface area contributed by atoms with Gasteiger partial charge in [-0.2, -0.15) is 0 Å². The quantitative estimate of drug-likeness (QED) is 0.729. The SMILES string of the molecule is C#CCC(C)NC1CCCCC1C1CCCN1. The fourth-order valence-electron chi connectivity index (χ4n) is 3.53. The van der Waals surface area contributed by atoms with E-state index in [1.54, 1.807) is 0 Å². The minimum absolute atomic E-state index is 0.465. The highest BCUT2D eigenvalue weighted by molar-refractivity contribution is 4.94. The minimum Gasteiger partial charge on any atom is -0.314 e. The van der Waals surface area contributed by atoms with Crippen LogP contribution in [0.5, 0.6) is 0 Å². The minimum atomic E-state index is 0.465. The van der Waals surface area contributed by atoms with Crippen LogP contribution in [0.1, 0.15) is 51.9 Å². The number of terminal acetylenes is 1. The monoisotopic (exact) mass is 234 g/mol. The van der Waals surface area contributed by atoms with Crippen molar-refractivity contribution in [1.29, 1.82) is 0 Å². The fourth-order valence-corrected chi connectivity index (χ4v) is 3.53. The summed E-state index contributed by atoms with van der Waals surface area (Å²) in [5.41, 5.74) is 0. The third-order valence-corrected chi connectivity index (χ3v) is 4.36. The lowest BCUT2D eigenvalue weighted by Crippen LogP contribution is -2.49. The summed E-state index contributed by atoms with van der Waals surface area (Å²) in [4.78, 5) is 0. The van der Waals surface area contributed by atoms with Crippen LogP contribution in [0.25, 0.3) is 0 Å². The standard InChI is InChI=1S/C15H26N2/c1-3-7-12(2)17-15-9-5-4-8-13(15)14-10-6-11-16-14/h1,12-17H,4-11H2,2H3. The zero-order valence-corrected chi connectivity index (χ0v) is 11.0. The van der Waals surface area contributed by atoms with E-state index < -0.39 is 0 Å². The first-order valence-electron chi connectivity index (χ1n) is 7.24. The first-order chi connectivity index (χ1) is 8.31. The number of hydrogen-bond acceptors (Lipinski definition) is 2. The lowest BCUT2D eigenvalue weighted by molar-refractivity contribution is 0.204. The maximum absolute atomic E-state index is 5.39. The Morgan fingerprint density at radius 3 is 2.82 bits per heavy atom. The van der Waals surface area contributed by atoms with Crippen LogP contribution in [0.2, 0.25) is 0 Å². The number of hydrogen-bond donors (Lipinski definition) is 2. The molecule has 1 aliphatic carbocycles. The molecular weight excluding hydrogens is 208 g/mol. The molecule has 0 amide bonds. The maximum atomic E-state index is 5.39. The Labute approximate surface area is 106 Å². The van der Waals surface area contributed by atoms with E-state index in [0.717, 1.165) is 18.4 Å². The average molecular weight is 234 g/mol. The van der Waals surface area contributed by atoms with Crippen molar-refractivity contribution in [2.45, 2.75) is 70.0 Å². The maximum Gasteiger partial charge on any atom is 0.0238 e. The van der Waals surface area contributed by atoms with Crippen molar-refractivity contribution in [2.75, 3.05) is 6.54 Å². The molecule has 0 aromatic heterocycles. The van der Waals surface area contributed by atoms with Gasteiger partial charge in [-0.15, -0.1) is 12.3 Å². The molecule has 0 bridgehead atoms. The van der Waals surface area contributed by atoms with Crippen LogP contribution in [0, 0.1) is 18.3 Å². The molecule has 0 spiro atoms. The lowest BCUT2D eigenvalue weighted by Gasteiger charge is -2.37. The van der Waals surface area contributed by atoms with Gasteiger partial charge < -0.3 is 10.6 Å². The van der Waals surface area contributed by atoms with E-state index in [2.05, 4.69) is 23.5 Å². The predicted octanol–water partition coefficient (Wildman–Crippen LogP) is 2.30. The molecule has 0 aromatic carbocycles. The van der Waals surface area contributed by atoms with Crippen molar-refractivity contribution in [1.82, 2.24) is 10.6 Å². The van der Waals surface area contributed by atoms with E-state index in [-0.39, 0.29) is 0 Å². The summed E-state index contributed by atoms with van der Waals surface area (Å²) in [5.74, 6) is 3.59. The Hall–Kier alpha value is -0.520. The van der Waals surface area contributed by atoms with Crippen LogP contribution in [0.3, 0.4) is 0 Å². The molecule has 1 saturated heterocycles. The smallest absolute Gasteiger partial charge is 0.0238 e. The molecule has 0 radical (unpaired) electrons. The average Bonchev–Trinajstić information content (AvgIpc) is 2.83. The van der Waals surface area contributed by atoms with E-state index in [0.29, 0.717) is 12.1 Å². The molecule has 1 heterocycles. The van der Waals surface area contributed by atoms with Gasteiger partial charge in [0, 0.05) is 24.5 Å². The zero-order valence-electron chi connectivity index (χ0n) is 11.0. The molecule has 2 N–H and O–H groups in total. The Morgan fingerprint density at radius 1 is 1.29 bits per heavy atom. The highest BCUT2D eigenvalue weighted by Gasteiger charge is 2.33. The second-order valence-electron chi connectivity index (χ2n) is 5.73. The predicted molar refractivity (Wildman–Crippen MR) is 72.8 cm³/mol. The molecule has 2 heteroatoms. The topological polar surface area (TPSA) is 24.1 Å². The van der Waals surface area contributed by atoms with Gasteiger partial charge in [0.25, 0.3) is 0 Å². The summed E-state index contributed by atoms with van der Waals surface area (Å²) in [6.45, 7) is 3.43. The molecule has 96 valence electrons. The number of nitrogens with one attached hydrogen (secondary N) is 2. The van der Waals surface area contributed by atoms with Crippen molar-refractivity contribution in [3.05, 3.63) is 0 Å². The van der Waals surface area contributed by atoms with Crippen molar-refractivity contribution >= 4 is 0 Å². The fraction of sp³-hybridized carbons (Fsp3) is 0.867. The molecule has 2 fully saturated rings. The van der Waals surface area contributed by atoms with E-state index in [1.165, 1.54) is 45.1 Å². The Bertz CT molecular complexity index is 263. The van der Waals surface area contributed by atoms with Crippen LogP contribution in [0.15, 0.2) is 0 Å². The summed E-state index contributed by atoms with van der Waals surface area (Å²) in [7, 11) is 0. The Kier molecular flexibility index (Phi) is 4.88. The van der Waals surface area contributed by atoms with Gasteiger partial charge in [-0.25, -0.2) is 0 Å². The highest BCUT2D eigenvalue weighted by Crippen LogP contribution is 2.30. The second-order valence-corrected chi connectivity index (χ2v) is 5.73. The molecular formula is C15H26N2. The Balaban J connectivity index is 1.89. The van der Waals surface area contributed by atoms with Gasteiger partial charge in [0.2, 0.25) is 0 Å². The third kappa shape index (κ3) is 3.47. The molecule has 4 unspecified atom stereocenters. The van der Waals surface area contributed by atoms with Gasteiger partial charge >= 0.3 is 0 Å². The summed E-state index contributed by atoms with van der Waals surface area (Å²) >= 11 is 0. The van der Waals surface area contributed by atoms with E-state index >= 15 is 0 Å². The Morgan fingerprint density at radius 2 is 2.12 bits per heavy atom. The second kappa shape index (κ2) is 6.42. The first-order valence-corrected chi connectivity index (χ1v) is 7.24. The molecule has 17 heavy (non-hydrogen) atoms. The normalized spacial score (nSPS) is 35.4. The molecule has 2 aliphatic rings. The molecule has 2 rings (SSSR count). The van der Waals surface area contributed by atoms with Crippen molar-refractivity contribution in [3.63, 3.8) is 0 Å². The van der Waals surface area contributed by atoms with Crippen LogP contribution >= 0.6 is 0 Å². The van der Waals surface area contributed by atoms with Crippen LogP contribution < -0.4 is 10.6 Å². The highest BCUT2D eigenvalue weighted by atomic mass is 15.0. The number of rotatable bonds is 4. The lowest BCUT2D eigenvalue weighted by atomic mass is 9.79. The van der Waals surface area contributed by atoms with Gasteiger partial charge in [0.15, 0.2) is 0 Å². The van der Waals surface area contributed by atoms with Crippen molar-refractivity contribution in [3.8, 4) is 12.3 Å². The van der Waals surface area contributed by atoms with E-state index in [4.69, 9.17) is 6.42 Å². The molecule has 1 aliphatic heterocycles. The molecule has 1 saturated carbocycles. The van der Waals surface area contributed by atoms with E-state index in [1.807, 2.05) is 0 Å². The third-order valence-electron chi connectivity index (χ3n) is 4.36. The van der Waals surface area contributed by atoms with E-state index in [9.17, 15) is 0 Å². The van der Waals surface area contributed by atoms with Gasteiger partial charge in [0.05, 0.1) is 0 Å². The van der Waals surface area contributed by atoms with Crippen LogP contribution in [0.4, 0.5) is 0 Å². The van der Waals surface area contributed by atoms with Gasteiger partial charge in [-0.1, -0.05) is 12.8 Å². The van der Waals surface area contributed by atoms with Crippen molar-refractivity contribution < 1.29 is 0 Å². The summed E-state index contributed by atoms with van der Waals surface area (Å²) in [5, 5.41) is 7.45.